The van der Waals surface area contributed by atoms with E-state index < -0.39 is 12.2 Å². The quantitative estimate of drug-likeness (QED) is 0.157. The number of aliphatic hydroxyl groups excluding tert-OH is 2. The molecule has 3 N–H and O–H groups in total. The molecule has 0 unspecified atom stereocenters. The number of rotatable bonds is 17. The number of pyridine rings is 1. The molecule has 222 valence electrons. The van der Waals surface area contributed by atoms with E-state index in [0.29, 0.717) is 48.5 Å². The maximum absolute atomic E-state index is 11.2. The van der Waals surface area contributed by atoms with Gasteiger partial charge in [-0.25, -0.2) is 4.98 Å². The van der Waals surface area contributed by atoms with Gasteiger partial charge in [0.1, 0.15) is 42.1 Å². The second kappa shape index (κ2) is 16.9. The van der Waals surface area contributed by atoms with E-state index in [0.717, 1.165) is 11.3 Å². The lowest BCUT2D eigenvalue weighted by atomic mass is 10.0. The summed E-state index contributed by atoms with van der Waals surface area (Å²) in [6.45, 7) is 7.71. The van der Waals surface area contributed by atoms with Crippen molar-refractivity contribution < 1.29 is 29.2 Å². The molecule has 0 saturated carbocycles. The molecule has 9 nitrogen and oxygen atoms in total. The first-order chi connectivity index (χ1) is 19.7. The van der Waals surface area contributed by atoms with E-state index in [1.54, 1.807) is 42.5 Å². The Kier molecular flexibility index (Phi) is 13.3. The SMILES string of the molecule is CCOCCOc1ccc(C[C@@H](C)N(C[C@H](O)COc2ccc(NC(C)=O)cc2)C[C@H](O)c2cccc(Cl)n2)cc1. The maximum atomic E-state index is 11.2. The number of nitrogens with one attached hydrogen (secondary N) is 1. The van der Waals surface area contributed by atoms with Crippen molar-refractivity contribution in [1.82, 2.24) is 9.88 Å². The van der Waals surface area contributed by atoms with E-state index in [2.05, 4.69) is 17.2 Å². The van der Waals surface area contributed by atoms with Crippen molar-refractivity contribution >= 4 is 23.2 Å². The fourth-order valence-corrected chi connectivity index (χ4v) is 4.44. The van der Waals surface area contributed by atoms with Crippen LogP contribution in [0.5, 0.6) is 11.5 Å². The van der Waals surface area contributed by atoms with Gasteiger partial charge >= 0.3 is 0 Å². The summed E-state index contributed by atoms with van der Waals surface area (Å²) in [5.74, 6) is 1.20. The molecule has 0 radical (unpaired) electrons. The number of hydrogen-bond donors (Lipinski definition) is 3. The van der Waals surface area contributed by atoms with Crippen molar-refractivity contribution in [1.29, 1.82) is 0 Å². The molecule has 0 fully saturated rings. The summed E-state index contributed by atoms with van der Waals surface area (Å²) < 4.78 is 16.8. The number of aromatic nitrogens is 1. The second-order valence-electron chi connectivity index (χ2n) is 9.77. The minimum Gasteiger partial charge on any atom is -0.491 e. The average molecular weight is 586 g/mol. The number of halogens is 1. The number of ether oxygens (including phenoxy) is 3. The summed E-state index contributed by atoms with van der Waals surface area (Å²) in [4.78, 5) is 17.5. The van der Waals surface area contributed by atoms with Crippen LogP contribution in [0.2, 0.25) is 5.15 Å². The van der Waals surface area contributed by atoms with Crippen LogP contribution in [0, 0.1) is 0 Å². The van der Waals surface area contributed by atoms with Crippen LogP contribution in [0.15, 0.2) is 66.7 Å². The van der Waals surface area contributed by atoms with Gasteiger partial charge in [0.2, 0.25) is 5.91 Å². The van der Waals surface area contributed by atoms with Crippen LogP contribution in [0.1, 0.15) is 38.1 Å². The van der Waals surface area contributed by atoms with Crippen molar-refractivity contribution in [3.8, 4) is 11.5 Å². The highest BCUT2D eigenvalue weighted by molar-refractivity contribution is 6.29. The van der Waals surface area contributed by atoms with Gasteiger partial charge in [-0.15, -0.1) is 0 Å². The number of nitrogens with zero attached hydrogens (tertiary/aromatic N) is 2. The average Bonchev–Trinajstić information content (AvgIpc) is 2.95. The number of benzene rings is 2. The molecule has 3 atom stereocenters. The Morgan fingerprint density at radius 2 is 1.66 bits per heavy atom. The smallest absolute Gasteiger partial charge is 0.221 e. The minimum atomic E-state index is -0.897. The van der Waals surface area contributed by atoms with E-state index in [1.165, 1.54) is 6.92 Å². The van der Waals surface area contributed by atoms with Crippen LogP contribution < -0.4 is 14.8 Å². The Balaban J connectivity index is 1.62. The van der Waals surface area contributed by atoms with Crippen molar-refractivity contribution in [3.63, 3.8) is 0 Å². The number of aliphatic hydroxyl groups is 2. The molecule has 0 saturated heterocycles. The molecule has 0 spiro atoms. The van der Waals surface area contributed by atoms with Crippen LogP contribution >= 0.6 is 11.6 Å². The van der Waals surface area contributed by atoms with Crippen LogP contribution in [-0.2, 0) is 16.0 Å². The molecule has 0 aliphatic rings. The first kappa shape index (κ1) is 32.3. The summed E-state index contributed by atoms with van der Waals surface area (Å²) in [5, 5.41) is 24.9. The molecule has 0 bridgehead atoms. The Hall–Kier alpha value is -3.21. The molecule has 1 aromatic heterocycles. The Morgan fingerprint density at radius 1 is 0.976 bits per heavy atom. The summed E-state index contributed by atoms with van der Waals surface area (Å²) in [7, 11) is 0. The lowest BCUT2D eigenvalue weighted by Gasteiger charge is -2.32. The molecule has 0 aliphatic carbocycles. The Labute approximate surface area is 247 Å². The largest absolute Gasteiger partial charge is 0.491 e. The normalized spacial score (nSPS) is 13.4. The van der Waals surface area contributed by atoms with Gasteiger partial charge in [-0.3, -0.25) is 9.69 Å². The van der Waals surface area contributed by atoms with Gasteiger partial charge in [-0.2, -0.15) is 0 Å². The molecule has 3 aromatic rings. The zero-order valence-electron chi connectivity index (χ0n) is 23.8. The molecule has 3 rings (SSSR count). The van der Waals surface area contributed by atoms with Crippen molar-refractivity contribution in [2.45, 2.75) is 45.4 Å². The van der Waals surface area contributed by atoms with E-state index in [4.69, 9.17) is 25.8 Å². The van der Waals surface area contributed by atoms with Gasteiger partial charge in [-0.1, -0.05) is 29.8 Å². The first-order valence-electron chi connectivity index (χ1n) is 13.8. The van der Waals surface area contributed by atoms with Crippen LogP contribution in [0.25, 0.3) is 0 Å². The van der Waals surface area contributed by atoms with Crippen LogP contribution in [-0.4, -0.2) is 77.7 Å². The second-order valence-corrected chi connectivity index (χ2v) is 10.2. The fourth-order valence-electron chi connectivity index (χ4n) is 4.27. The Bertz CT molecular complexity index is 1200. The zero-order valence-corrected chi connectivity index (χ0v) is 24.6. The van der Waals surface area contributed by atoms with Gasteiger partial charge in [-0.05, 0) is 74.4 Å². The third-order valence-electron chi connectivity index (χ3n) is 6.33. The topological polar surface area (TPSA) is 113 Å². The highest BCUT2D eigenvalue weighted by Gasteiger charge is 2.23. The predicted molar refractivity (Wildman–Crippen MR) is 160 cm³/mol. The Morgan fingerprint density at radius 3 is 2.32 bits per heavy atom. The van der Waals surface area contributed by atoms with E-state index in [9.17, 15) is 15.0 Å². The van der Waals surface area contributed by atoms with E-state index in [-0.39, 0.29) is 31.6 Å². The summed E-state index contributed by atoms with van der Waals surface area (Å²) in [6, 6.07) is 20.0. The number of amides is 1. The number of carbonyl (C=O) groups excluding carboxylic acids is 1. The number of hydrogen-bond acceptors (Lipinski definition) is 8. The summed E-state index contributed by atoms with van der Waals surface area (Å²) in [6.07, 6.45) is -1.03. The van der Waals surface area contributed by atoms with Crippen LogP contribution in [0.4, 0.5) is 5.69 Å². The van der Waals surface area contributed by atoms with Gasteiger partial charge in [0.25, 0.3) is 0 Å². The summed E-state index contributed by atoms with van der Waals surface area (Å²) in [5.41, 5.74) is 2.23. The molecule has 10 heteroatoms. The first-order valence-corrected chi connectivity index (χ1v) is 14.1. The van der Waals surface area contributed by atoms with Gasteiger partial charge in [0.05, 0.1) is 12.3 Å². The summed E-state index contributed by atoms with van der Waals surface area (Å²) >= 11 is 6.04. The van der Waals surface area contributed by atoms with Crippen molar-refractivity contribution in [3.05, 3.63) is 83.1 Å². The lowest BCUT2D eigenvalue weighted by Crippen LogP contribution is -2.44. The van der Waals surface area contributed by atoms with Gasteiger partial charge < -0.3 is 29.7 Å². The third kappa shape index (κ3) is 11.7. The van der Waals surface area contributed by atoms with Crippen LogP contribution in [0.3, 0.4) is 0 Å². The van der Waals surface area contributed by atoms with E-state index >= 15 is 0 Å². The van der Waals surface area contributed by atoms with E-state index in [1.807, 2.05) is 36.1 Å². The molecule has 1 heterocycles. The van der Waals surface area contributed by atoms with Crippen molar-refractivity contribution in [2.24, 2.45) is 0 Å². The lowest BCUT2D eigenvalue weighted by molar-refractivity contribution is -0.114. The predicted octanol–water partition coefficient (Wildman–Crippen LogP) is 4.52. The minimum absolute atomic E-state index is 0.0276. The fraction of sp³-hybridized carbons (Fsp3) is 0.419. The highest BCUT2D eigenvalue weighted by Crippen LogP contribution is 2.20. The maximum Gasteiger partial charge on any atom is 0.221 e. The molecule has 41 heavy (non-hydrogen) atoms. The molecular weight excluding hydrogens is 546 g/mol. The number of anilines is 1. The molecular formula is C31H40ClN3O6. The van der Waals surface area contributed by atoms with Gasteiger partial charge in [0.15, 0.2) is 0 Å². The monoisotopic (exact) mass is 585 g/mol. The van der Waals surface area contributed by atoms with Gasteiger partial charge in [0, 0.05) is 38.3 Å². The standard InChI is InChI=1S/C31H40ClN3O6/c1-4-39-16-17-40-27-12-8-24(9-13-27)18-22(2)35(20-30(38)29-6-5-7-31(32)34-29)19-26(37)21-41-28-14-10-25(11-15-28)33-23(3)36/h5-15,22,26,30,37-38H,4,16-21H2,1-3H3,(H,33,36)/t22-,26+,30+/m1/s1. The number of carbonyl (C=O) groups is 1. The molecule has 2 aromatic carbocycles. The highest BCUT2D eigenvalue weighted by atomic mass is 35.5. The molecule has 0 aliphatic heterocycles. The zero-order chi connectivity index (χ0) is 29.6. The third-order valence-corrected chi connectivity index (χ3v) is 6.54. The molecule has 1 amide bonds. The van der Waals surface area contributed by atoms with Crippen molar-refractivity contribution in [2.75, 3.05) is 44.8 Å².